The molecule has 0 aromatic rings. The van der Waals surface area contributed by atoms with Crippen molar-refractivity contribution in [2.24, 2.45) is 0 Å². The molecule has 4 aliphatic rings. The van der Waals surface area contributed by atoms with Gasteiger partial charge in [0.15, 0.2) is 24.2 Å². The SMILES string of the molecule is CO[C@H]1CC[C@]2(OC)O[C@@H]([C@@H]3C[C@H]4O[C@H](OC)CC[C@@]4(OC)O3)C[C@@H]2O1. The Kier molecular flexibility index (Phi) is 5.31. The van der Waals surface area contributed by atoms with Gasteiger partial charge in [0.2, 0.25) is 0 Å². The van der Waals surface area contributed by atoms with Crippen LogP contribution in [0.2, 0.25) is 0 Å². The predicted molar refractivity (Wildman–Crippen MR) is 88.3 cm³/mol. The first-order valence-electron chi connectivity index (χ1n) is 9.40. The molecule has 26 heavy (non-hydrogen) atoms. The van der Waals surface area contributed by atoms with E-state index in [1.165, 1.54) is 0 Å². The van der Waals surface area contributed by atoms with E-state index in [0.29, 0.717) is 12.8 Å². The third-order valence-corrected chi connectivity index (χ3v) is 6.30. The second-order valence-electron chi connectivity index (χ2n) is 7.47. The minimum Gasteiger partial charge on any atom is -0.356 e. The topological polar surface area (TPSA) is 73.8 Å². The van der Waals surface area contributed by atoms with Gasteiger partial charge in [-0.3, -0.25) is 0 Å². The highest BCUT2D eigenvalue weighted by Crippen LogP contribution is 2.49. The average Bonchev–Trinajstić information content (AvgIpc) is 3.25. The monoisotopic (exact) mass is 374 g/mol. The van der Waals surface area contributed by atoms with E-state index in [0.717, 1.165) is 25.7 Å². The Bertz CT molecular complexity index is 460. The molecule has 0 unspecified atom stereocenters. The maximum Gasteiger partial charge on any atom is 0.195 e. The van der Waals surface area contributed by atoms with E-state index in [9.17, 15) is 0 Å². The summed E-state index contributed by atoms with van der Waals surface area (Å²) in [5, 5.41) is 0. The Hall–Kier alpha value is -0.320. The van der Waals surface area contributed by atoms with Gasteiger partial charge in [0.1, 0.15) is 12.2 Å². The van der Waals surface area contributed by atoms with Gasteiger partial charge in [-0.05, 0) is 0 Å². The lowest BCUT2D eigenvalue weighted by Gasteiger charge is -2.40. The summed E-state index contributed by atoms with van der Waals surface area (Å²) in [5.74, 6) is -1.46. The molecule has 0 N–H and O–H groups in total. The second kappa shape index (κ2) is 7.25. The van der Waals surface area contributed by atoms with E-state index in [2.05, 4.69) is 0 Å². The van der Waals surface area contributed by atoms with Gasteiger partial charge >= 0.3 is 0 Å². The van der Waals surface area contributed by atoms with E-state index in [4.69, 9.17) is 37.9 Å². The van der Waals surface area contributed by atoms with Gasteiger partial charge in [0.05, 0.1) is 12.2 Å². The Balaban J connectivity index is 1.47. The summed E-state index contributed by atoms with van der Waals surface area (Å²) >= 11 is 0. The van der Waals surface area contributed by atoms with Crippen LogP contribution in [0.5, 0.6) is 0 Å². The largest absolute Gasteiger partial charge is 0.356 e. The molecule has 4 fully saturated rings. The normalized spacial score (nSPS) is 51.2. The number of methoxy groups -OCH3 is 4. The second-order valence-corrected chi connectivity index (χ2v) is 7.47. The molecule has 150 valence electrons. The van der Waals surface area contributed by atoms with Crippen molar-refractivity contribution < 1.29 is 37.9 Å². The molecule has 0 amide bonds. The molecule has 0 aliphatic carbocycles. The summed E-state index contributed by atoms with van der Waals surface area (Å²) in [7, 11) is 6.66. The summed E-state index contributed by atoms with van der Waals surface area (Å²) < 4.78 is 47.0. The third-order valence-electron chi connectivity index (χ3n) is 6.30. The molecular formula is C18H30O8. The number of hydrogen-bond donors (Lipinski definition) is 0. The van der Waals surface area contributed by atoms with Crippen molar-refractivity contribution in [2.45, 2.75) is 87.1 Å². The van der Waals surface area contributed by atoms with E-state index in [1.54, 1.807) is 28.4 Å². The predicted octanol–water partition coefficient (Wildman–Crippen LogP) is 1.55. The van der Waals surface area contributed by atoms with Crippen LogP contribution in [0.3, 0.4) is 0 Å². The number of rotatable bonds is 5. The van der Waals surface area contributed by atoms with E-state index >= 15 is 0 Å². The van der Waals surface area contributed by atoms with Crippen molar-refractivity contribution in [2.75, 3.05) is 28.4 Å². The molecule has 0 saturated carbocycles. The first-order chi connectivity index (χ1) is 12.6. The Morgan fingerprint density at radius 2 is 1.12 bits per heavy atom. The van der Waals surface area contributed by atoms with Crippen LogP contribution in [-0.4, -0.2) is 77.0 Å². The molecule has 4 rings (SSSR count). The molecule has 0 aromatic carbocycles. The number of hydrogen-bond acceptors (Lipinski definition) is 8. The smallest absolute Gasteiger partial charge is 0.195 e. The highest BCUT2D eigenvalue weighted by molar-refractivity contribution is 5.02. The van der Waals surface area contributed by atoms with Crippen LogP contribution in [0.25, 0.3) is 0 Å². The zero-order valence-electron chi connectivity index (χ0n) is 16.0. The maximum atomic E-state index is 6.36. The van der Waals surface area contributed by atoms with Crippen LogP contribution in [0.15, 0.2) is 0 Å². The van der Waals surface area contributed by atoms with Gasteiger partial charge in [-0.1, -0.05) is 0 Å². The molecule has 0 aromatic heterocycles. The van der Waals surface area contributed by atoms with Crippen LogP contribution in [0.1, 0.15) is 38.5 Å². The van der Waals surface area contributed by atoms with Crippen LogP contribution < -0.4 is 0 Å². The van der Waals surface area contributed by atoms with Crippen molar-refractivity contribution in [1.82, 2.24) is 0 Å². The van der Waals surface area contributed by atoms with Gasteiger partial charge < -0.3 is 37.9 Å². The highest BCUT2D eigenvalue weighted by Gasteiger charge is 2.60. The highest BCUT2D eigenvalue weighted by atomic mass is 16.8. The zero-order valence-corrected chi connectivity index (χ0v) is 16.0. The summed E-state index contributed by atoms with van der Waals surface area (Å²) in [6, 6.07) is 0. The first kappa shape index (κ1) is 19.0. The van der Waals surface area contributed by atoms with Crippen LogP contribution in [-0.2, 0) is 37.9 Å². The summed E-state index contributed by atoms with van der Waals surface area (Å²) in [5.41, 5.74) is 0. The lowest BCUT2D eigenvalue weighted by atomic mass is 9.96. The van der Waals surface area contributed by atoms with Crippen molar-refractivity contribution in [3.05, 3.63) is 0 Å². The zero-order chi connectivity index (χ0) is 18.4. The lowest BCUT2D eigenvalue weighted by molar-refractivity contribution is -0.329. The molecule has 0 spiro atoms. The maximum absolute atomic E-state index is 6.36. The molecule has 0 radical (unpaired) electrons. The molecule has 8 atom stereocenters. The van der Waals surface area contributed by atoms with Crippen LogP contribution in [0, 0.1) is 0 Å². The van der Waals surface area contributed by atoms with E-state index in [-0.39, 0.29) is 37.0 Å². The molecule has 8 nitrogen and oxygen atoms in total. The fraction of sp³-hybridized carbons (Fsp3) is 1.00. The van der Waals surface area contributed by atoms with Crippen molar-refractivity contribution in [3.8, 4) is 0 Å². The molecular weight excluding hydrogens is 344 g/mol. The summed E-state index contributed by atoms with van der Waals surface area (Å²) in [4.78, 5) is 0. The Labute approximate surface area is 154 Å². The van der Waals surface area contributed by atoms with Gasteiger partial charge in [0.25, 0.3) is 0 Å². The van der Waals surface area contributed by atoms with E-state index < -0.39 is 11.6 Å². The molecule has 4 aliphatic heterocycles. The quantitative estimate of drug-likeness (QED) is 0.718. The fourth-order valence-electron chi connectivity index (χ4n) is 4.81. The summed E-state index contributed by atoms with van der Waals surface area (Å²) in [6.07, 6.45) is 3.27. The minimum atomic E-state index is -0.729. The third kappa shape index (κ3) is 3.00. The Morgan fingerprint density at radius 3 is 1.46 bits per heavy atom. The van der Waals surface area contributed by atoms with Gasteiger partial charge in [-0.15, -0.1) is 0 Å². The lowest BCUT2D eigenvalue weighted by Crippen LogP contribution is -2.49. The molecule has 4 heterocycles. The van der Waals surface area contributed by atoms with Crippen molar-refractivity contribution in [3.63, 3.8) is 0 Å². The molecule has 4 saturated heterocycles. The fourth-order valence-corrected chi connectivity index (χ4v) is 4.81. The number of fused-ring (bicyclic) bond motifs is 2. The van der Waals surface area contributed by atoms with Crippen LogP contribution >= 0.6 is 0 Å². The first-order valence-corrected chi connectivity index (χ1v) is 9.40. The minimum absolute atomic E-state index is 0.141. The van der Waals surface area contributed by atoms with E-state index in [1.807, 2.05) is 0 Å². The Morgan fingerprint density at radius 1 is 0.692 bits per heavy atom. The number of ether oxygens (including phenoxy) is 8. The van der Waals surface area contributed by atoms with Gasteiger partial charge in [-0.25, -0.2) is 0 Å². The standard InChI is InChI=1S/C18H30O8/c1-19-15-5-7-17(21-3)13(23-15)9-11(25-17)12-10-14-18(22-4,26-12)8-6-16(20-2)24-14/h11-16H,5-10H2,1-4H3/t11-,12+,13+,14-,15-,16+,17+,18-. The van der Waals surface area contributed by atoms with Crippen molar-refractivity contribution >= 4 is 0 Å². The van der Waals surface area contributed by atoms with Gasteiger partial charge in [0, 0.05) is 67.0 Å². The average molecular weight is 374 g/mol. The van der Waals surface area contributed by atoms with Crippen molar-refractivity contribution in [1.29, 1.82) is 0 Å². The summed E-state index contributed by atoms with van der Waals surface area (Å²) in [6.45, 7) is 0. The van der Waals surface area contributed by atoms with Gasteiger partial charge in [-0.2, -0.15) is 0 Å². The van der Waals surface area contributed by atoms with Crippen LogP contribution in [0.4, 0.5) is 0 Å². The molecule has 8 heteroatoms. The molecule has 0 bridgehead atoms.